The van der Waals surface area contributed by atoms with Crippen LogP contribution >= 0.6 is 0 Å². The molecule has 0 aromatic heterocycles. The third kappa shape index (κ3) is 1.19. The van der Waals surface area contributed by atoms with Crippen LogP contribution in [0.25, 0.3) is 0 Å². The Labute approximate surface area is 90.4 Å². The first-order valence-electron chi connectivity index (χ1n) is 6.01. The van der Waals surface area contributed by atoms with E-state index in [0.717, 1.165) is 24.7 Å². The summed E-state index contributed by atoms with van der Waals surface area (Å²) in [5.74, 6) is 2.95. The van der Waals surface area contributed by atoms with E-state index in [9.17, 15) is 4.79 Å². The Morgan fingerprint density at radius 1 is 1.27 bits per heavy atom. The molecule has 0 aromatic rings. The lowest BCUT2D eigenvalue weighted by Gasteiger charge is -2.23. The highest BCUT2D eigenvalue weighted by Gasteiger charge is 2.58. The van der Waals surface area contributed by atoms with Gasteiger partial charge in [0, 0.05) is 0 Å². The number of carbonyl (C=O) groups is 1. The number of hydrogen-bond donors (Lipinski definition) is 1. The van der Waals surface area contributed by atoms with Gasteiger partial charge < -0.3 is 10.5 Å². The fourth-order valence-electron chi connectivity index (χ4n) is 4.46. The third-order valence-electron chi connectivity index (χ3n) is 5.07. The van der Waals surface area contributed by atoms with E-state index in [-0.39, 0.29) is 5.97 Å². The number of rotatable bonds is 1. The second-order valence-electron chi connectivity index (χ2n) is 5.72. The van der Waals surface area contributed by atoms with Gasteiger partial charge in [0.1, 0.15) is 5.54 Å². The van der Waals surface area contributed by atoms with E-state index in [1.807, 2.05) is 0 Å². The molecule has 3 aliphatic carbocycles. The average molecular weight is 209 g/mol. The summed E-state index contributed by atoms with van der Waals surface area (Å²) in [6, 6.07) is 0. The summed E-state index contributed by atoms with van der Waals surface area (Å²) in [6.07, 6.45) is 5.86. The second-order valence-corrected chi connectivity index (χ2v) is 5.72. The summed E-state index contributed by atoms with van der Waals surface area (Å²) in [5.41, 5.74) is 5.52. The molecule has 0 aliphatic heterocycles. The molecule has 0 radical (unpaired) electrons. The molecule has 3 aliphatic rings. The lowest BCUT2D eigenvalue weighted by Crippen LogP contribution is -2.47. The van der Waals surface area contributed by atoms with Gasteiger partial charge in [-0.3, -0.25) is 4.79 Å². The zero-order chi connectivity index (χ0) is 10.6. The molecule has 2 N–H and O–H groups in total. The second kappa shape index (κ2) is 2.97. The van der Waals surface area contributed by atoms with Crippen LogP contribution < -0.4 is 5.73 Å². The molecule has 4 atom stereocenters. The Morgan fingerprint density at radius 3 is 2.27 bits per heavy atom. The molecule has 3 rings (SSSR count). The van der Waals surface area contributed by atoms with Gasteiger partial charge in [0.2, 0.25) is 0 Å². The van der Waals surface area contributed by atoms with Crippen LogP contribution in [0.5, 0.6) is 0 Å². The molecule has 3 fully saturated rings. The van der Waals surface area contributed by atoms with Gasteiger partial charge in [0.25, 0.3) is 0 Å². The number of hydrogen-bond acceptors (Lipinski definition) is 3. The molecule has 0 spiro atoms. The lowest BCUT2D eigenvalue weighted by molar-refractivity contribution is -0.147. The fourth-order valence-corrected chi connectivity index (χ4v) is 4.46. The largest absolute Gasteiger partial charge is 0.468 e. The molecule has 15 heavy (non-hydrogen) atoms. The first-order valence-corrected chi connectivity index (χ1v) is 6.01. The first-order chi connectivity index (χ1) is 7.14. The topological polar surface area (TPSA) is 52.3 Å². The summed E-state index contributed by atoms with van der Waals surface area (Å²) < 4.78 is 4.83. The van der Waals surface area contributed by atoms with E-state index < -0.39 is 5.54 Å². The monoisotopic (exact) mass is 209 g/mol. The molecule has 0 aromatic carbocycles. The standard InChI is InChI=1S/C12H19NO2/c1-15-11(14)12(13)5-9-7-2-3-8(4-7)10(9)6-12/h7-10H,2-6,13H2,1H3. The molecule has 2 bridgehead atoms. The normalized spacial score (nSPS) is 51.9. The van der Waals surface area contributed by atoms with E-state index in [2.05, 4.69) is 0 Å². The van der Waals surface area contributed by atoms with Crippen molar-refractivity contribution in [3.05, 3.63) is 0 Å². The summed E-state index contributed by atoms with van der Waals surface area (Å²) in [6.45, 7) is 0. The van der Waals surface area contributed by atoms with Crippen molar-refractivity contribution in [2.75, 3.05) is 7.11 Å². The molecular formula is C12H19NO2. The van der Waals surface area contributed by atoms with Gasteiger partial charge in [-0.2, -0.15) is 0 Å². The molecule has 3 saturated carbocycles. The lowest BCUT2D eigenvalue weighted by atomic mass is 9.82. The third-order valence-corrected chi connectivity index (χ3v) is 5.07. The molecule has 0 amide bonds. The maximum atomic E-state index is 11.7. The maximum Gasteiger partial charge on any atom is 0.325 e. The van der Waals surface area contributed by atoms with Crippen LogP contribution in [0.4, 0.5) is 0 Å². The highest BCUT2D eigenvalue weighted by atomic mass is 16.5. The highest BCUT2D eigenvalue weighted by molar-refractivity contribution is 5.81. The number of carbonyl (C=O) groups excluding carboxylic acids is 1. The van der Waals surface area contributed by atoms with Crippen LogP contribution in [0.2, 0.25) is 0 Å². The van der Waals surface area contributed by atoms with Crippen molar-refractivity contribution in [2.24, 2.45) is 29.4 Å². The smallest absolute Gasteiger partial charge is 0.325 e. The SMILES string of the molecule is COC(=O)C1(N)CC2C3CCC(C3)C2C1. The Hall–Kier alpha value is -0.570. The summed E-state index contributed by atoms with van der Waals surface area (Å²) in [7, 11) is 1.44. The quantitative estimate of drug-likeness (QED) is 0.662. The highest BCUT2D eigenvalue weighted by Crippen LogP contribution is 2.60. The van der Waals surface area contributed by atoms with E-state index in [1.54, 1.807) is 0 Å². The molecule has 4 unspecified atom stereocenters. The van der Waals surface area contributed by atoms with E-state index in [0.29, 0.717) is 11.8 Å². The predicted octanol–water partition coefficient (Wildman–Crippen LogP) is 1.31. The van der Waals surface area contributed by atoms with Gasteiger partial charge >= 0.3 is 5.97 Å². The van der Waals surface area contributed by atoms with E-state index in [1.165, 1.54) is 26.4 Å². The van der Waals surface area contributed by atoms with Gasteiger partial charge in [-0.15, -0.1) is 0 Å². The van der Waals surface area contributed by atoms with Gasteiger partial charge in [-0.25, -0.2) is 0 Å². The van der Waals surface area contributed by atoms with Crippen molar-refractivity contribution in [1.29, 1.82) is 0 Å². The number of esters is 1. The molecule has 0 heterocycles. The van der Waals surface area contributed by atoms with Crippen LogP contribution in [-0.2, 0) is 9.53 Å². The van der Waals surface area contributed by atoms with Gasteiger partial charge in [0.05, 0.1) is 7.11 Å². The van der Waals surface area contributed by atoms with Crippen molar-refractivity contribution in [3.63, 3.8) is 0 Å². The molecule has 3 heteroatoms. The predicted molar refractivity (Wildman–Crippen MR) is 56.0 cm³/mol. The Morgan fingerprint density at radius 2 is 1.80 bits per heavy atom. The minimum Gasteiger partial charge on any atom is -0.468 e. The van der Waals surface area contributed by atoms with Gasteiger partial charge in [-0.05, 0) is 55.8 Å². The van der Waals surface area contributed by atoms with Crippen molar-refractivity contribution in [2.45, 2.75) is 37.6 Å². The summed E-state index contributed by atoms with van der Waals surface area (Å²) >= 11 is 0. The minimum absolute atomic E-state index is 0.198. The Bertz CT molecular complexity index is 284. The average Bonchev–Trinajstić information content (AvgIpc) is 2.86. The zero-order valence-electron chi connectivity index (χ0n) is 9.24. The first kappa shape index (κ1) is 9.64. The molecule has 0 saturated heterocycles. The van der Waals surface area contributed by atoms with Crippen LogP contribution in [0.3, 0.4) is 0 Å². The van der Waals surface area contributed by atoms with E-state index >= 15 is 0 Å². The number of methoxy groups -OCH3 is 1. The van der Waals surface area contributed by atoms with Crippen LogP contribution in [-0.4, -0.2) is 18.6 Å². The molecule has 3 nitrogen and oxygen atoms in total. The van der Waals surface area contributed by atoms with Gasteiger partial charge in [0.15, 0.2) is 0 Å². The summed E-state index contributed by atoms with van der Waals surface area (Å²) in [4.78, 5) is 11.7. The van der Waals surface area contributed by atoms with Gasteiger partial charge in [-0.1, -0.05) is 0 Å². The number of ether oxygens (including phenoxy) is 1. The minimum atomic E-state index is -0.661. The maximum absolute atomic E-state index is 11.7. The molecular weight excluding hydrogens is 190 g/mol. The Kier molecular flexibility index (Phi) is 1.91. The number of nitrogens with two attached hydrogens (primary N) is 1. The van der Waals surface area contributed by atoms with Crippen molar-refractivity contribution in [1.82, 2.24) is 0 Å². The summed E-state index contributed by atoms with van der Waals surface area (Å²) in [5, 5.41) is 0. The van der Waals surface area contributed by atoms with Crippen LogP contribution in [0.1, 0.15) is 32.1 Å². The van der Waals surface area contributed by atoms with Crippen LogP contribution in [0, 0.1) is 23.7 Å². The van der Waals surface area contributed by atoms with E-state index in [4.69, 9.17) is 10.5 Å². The fraction of sp³-hybridized carbons (Fsp3) is 0.917. The van der Waals surface area contributed by atoms with Crippen molar-refractivity contribution in [3.8, 4) is 0 Å². The molecule has 84 valence electrons. The van der Waals surface area contributed by atoms with Crippen molar-refractivity contribution >= 4 is 5.97 Å². The zero-order valence-corrected chi connectivity index (χ0v) is 9.24. The van der Waals surface area contributed by atoms with Crippen LogP contribution in [0.15, 0.2) is 0 Å². The number of fused-ring (bicyclic) bond motifs is 5. The van der Waals surface area contributed by atoms with Crippen molar-refractivity contribution < 1.29 is 9.53 Å². The Balaban J connectivity index is 1.81.